The summed E-state index contributed by atoms with van der Waals surface area (Å²) < 4.78 is 5.41. The fourth-order valence-corrected chi connectivity index (χ4v) is 2.19. The van der Waals surface area contributed by atoms with Gasteiger partial charge in [0.15, 0.2) is 0 Å². The molecule has 0 fully saturated rings. The fraction of sp³-hybridized carbons (Fsp3) is 0.429. The van der Waals surface area contributed by atoms with Crippen molar-refractivity contribution in [3.05, 3.63) is 33.8 Å². The van der Waals surface area contributed by atoms with E-state index < -0.39 is 0 Å². The topological polar surface area (TPSA) is 46.6 Å². The summed E-state index contributed by atoms with van der Waals surface area (Å²) in [5, 5.41) is 0. The number of hydrogen-bond acceptors (Lipinski definition) is 3. The average Bonchev–Trinajstić information content (AvgIpc) is 2.39. The fourth-order valence-electron chi connectivity index (χ4n) is 1.78. The molecule has 0 saturated carbocycles. The van der Waals surface area contributed by atoms with E-state index >= 15 is 0 Å². The standard InChI is InChI=1S/C14H18BrNO3/c1-9-5-6-12(15)11(7-9)13(17)16(3)8-10(2)14(18)19-4/h5-7,10H,8H2,1-4H3. The number of rotatable bonds is 4. The maximum Gasteiger partial charge on any atom is 0.310 e. The Morgan fingerprint density at radius 1 is 1.42 bits per heavy atom. The first-order valence-electron chi connectivity index (χ1n) is 5.96. The van der Waals surface area contributed by atoms with Crippen LogP contribution in [0.5, 0.6) is 0 Å². The predicted octanol–water partition coefficient (Wildman–Crippen LogP) is 2.64. The summed E-state index contributed by atoms with van der Waals surface area (Å²) in [6.07, 6.45) is 0. The van der Waals surface area contributed by atoms with Crippen LogP contribution in [0.2, 0.25) is 0 Å². The second kappa shape index (κ2) is 6.70. The van der Waals surface area contributed by atoms with Crippen molar-refractivity contribution in [1.82, 2.24) is 4.90 Å². The third-order valence-electron chi connectivity index (χ3n) is 2.85. The highest BCUT2D eigenvalue weighted by atomic mass is 79.9. The predicted molar refractivity (Wildman–Crippen MR) is 77.0 cm³/mol. The van der Waals surface area contributed by atoms with E-state index in [-0.39, 0.29) is 17.8 Å². The van der Waals surface area contributed by atoms with Gasteiger partial charge in [0.1, 0.15) is 0 Å². The molecule has 1 atom stereocenters. The van der Waals surface area contributed by atoms with Gasteiger partial charge in [0, 0.05) is 18.1 Å². The summed E-state index contributed by atoms with van der Waals surface area (Å²) in [6, 6.07) is 5.60. The molecule has 5 heteroatoms. The van der Waals surface area contributed by atoms with Gasteiger partial charge >= 0.3 is 5.97 Å². The minimum Gasteiger partial charge on any atom is -0.469 e. The van der Waals surface area contributed by atoms with Crippen molar-refractivity contribution in [2.45, 2.75) is 13.8 Å². The first kappa shape index (κ1) is 15.7. The molecular weight excluding hydrogens is 310 g/mol. The summed E-state index contributed by atoms with van der Waals surface area (Å²) in [7, 11) is 3.02. The van der Waals surface area contributed by atoms with E-state index in [1.54, 1.807) is 14.0 Å². The van der Waals surface area contributed by atoms with Gasteiger partial charge in [-0.15, -0.1) is 0 Å². The van der Waals surface area contributed by atoms with Crippen LogP contribution in [-0.4, -0.2) is 37.5 Å². The third-order valence-corrected chi connectivity index (χ3v) is 3.54. The van der Waals surface area contributed by atoms with E-state index in [9.17, 15) is 9.59 Å². The van der Waals surface area contributed by atoms with Crippen LogP contribution >= 0.6 is 15.9 Å². The number of halogens is 1. The maximum absolute atomic E-state index is 12.3. The summed E-state index contributed by atoms with van der Waals surface area (Å²) in [5.74, 6) is -0.781. The van der Waals surface area contributed by atoms with E-state index in [0.717, 1.165) is 10.0 Å². The smallest absolute Gasteiger partial charge is 0.310 e. The van der Waals surface area contributed by atoms with Crippen molar-refractivity contribution >= 4 is 27.8 Å². The minimum absolute atomic E-state index is 0.119. The summed E-state index contributed by atoms with van der Waals surface area (Å²) in [6.45, 7) is 3.99. The highest BCUT2D eigenvalue weighted by Gasteiger charge is 2.20. The lowest BCUT2D eigenvalue weighted by atomic mass is 10.1. The molecule has 0 aliphatic carbocycles. The van der Waals surface area contributed by atoms with Crippen LogP contribution < -0.4 is 0 Å². The second-order valence-electron chi connectivity index (χ2n) is 4.59. The van der Waals surface area contributed by atoms with E-state index in [1.807, 2.05) is 25.1 Å². The van der Waals surface area contributed by atoms with E-state index in [4.69, 9.17) is 0 Å². The third kappa shape index (κ3) is 4.06. The quantitative estimate of drug-likeness (QED) is 0.799. The lowest BCUT2D eigenvalue weighted by molar-refractivity contribution is -0.145. The number of nitrogens with zero attached hydrogens (tertiary/aromatic N) is 1. The summed E-state index contributed by atoms with van der Waals surface area (Å²) in [5.41, 5.74) is 1.61. The van der Waals surface area contributed by atoms with Crippen LogP contribution in [0.25, 0.3) is 0 Å². The molecule has 19 heavy (non-hydrogen) atoms. The van der Waals surface area contributed by atoms with Gasteiger partial charge in [0.05, 0.1) is 18.6 Å². The number of esters is 1. The van der Waals surface area contributed by atoms with Gasteiger partial charge in [-0.3, -0.25) is 9.59 Å². The molecule has 1 aromatic rings. The molecule has 1 amide bonds. The Kier molecular flexibility index (Phi) is 5.54. The molecule has 1 unspecified atom stereocenters. The van der Waals surface area contributed by atoms with Crippen molar-refractivity contribution in [1.29, 1.82) is 0 Å². The first-order valence-corrected chi connectivity index (χ1v) is 6.75. The lowest BCUT2D eigenvalue weighted by Crippen LogP contribution is -2.34. The van der Waals surface area contributed by atoms with Gasteiger partial charge in [-0.2, -0.15) is 0 Å². The number of aryl methyl sites for hydroxylation is 1. The molecule has 4 nitrogen and oxygen atoms in total. The Hall–Kier alpha value is -1.36. The SMILES string of the molecule is COC(=O)C(C)CN(C)C(=O)c1cc(C)ccc1Br. The maximum atomic E-state index is 12.3. The van der Waals surface area contributed by atoms with Gasteiger partial charge < -0.3 is 9.64 Å². The monoisotopic (exact) mass is 327 g/mol. The highest BCUT2D eigenvalue weighted by Crippen LogP contribution is 2.20. The van der Waals surface area contributed by atoms with E-state index in [0.29, 0.717) is 12.1 Å². The molecule has 0 bridgehead atoms. The molecule has 0 saturated heterocycles. The molecule has 1 aromatic carbocycles. The zero-order chi connectivity index (χ0) is 14.6. The number of ether oxygens (including phenoxy) is 1. The molecule has 0 aliphatic heterocycles. The lowest BCUT2D eigenvalue weighted by Gasteiger charge is -2.21. The van der Waals surface area contributed by atoms with Crippen molar-refractivity contribution in [3.63, 3.8) is 0 Å². The highest BCUT2D eigenvalue weighted by molar-refractivity contribution is 9.10. The van der Waals surface area contributed by atoms with Crippen molar-refractivity contribution < 1.29 is 14.3 Å². The van der Waals surface area contributed by atoms with Crippen LogP contribution in [-0.2, 0) is 9.53 Å². The molecule has 1 rings (SSSR count). The number of hydrogen-bond donors (Lipinski definition) is 0. The second-order valence-corrected chi connectivity index (χ2v) is 5.45. The van der Waals surface area contributed by atoms with Crippen molar-refractivity contribution in [2.24, 2.45) is 5.92 Å². The van der Waals surface area contributed by atoms with Gasteiger partial charge in [-0.25, -0.2) is 0 Å². The van der Waals surface area contributed by atoms with Gasteiger partial charge in [-0.1, -0.05) is 18.6 Å². The van der Waals surface area contributed by atoms with Gasteiger partial charge in [-0.05, 0) is 35.0 Å². The molecule has 0 aromatic heterocycles. The number of methoxy groups -OCH3 is 1. The summed E-state index contributed by atoms with van der Waals surface area (Å²) in [4.78, 5) is 25.2. The summed E-state index contributed by atoms with van der Waals surface area (Å²) >= 11 is 3.37. The van der Waals surface area contributed by atoms with Gasteiger partial charge in [0.25, 0.3) is 5.91 Å². The zero-order valence-corrected chi connectivity index (χ0v) is 13.2. The van der Waals surface area contributed by atoms with Crippen molar-refractivity contribution in [3.8, 4) is 0 Å². The molecule has 0 N–H and O–H groups in total. The molecule has 0 heterocycles. The van der Waals surface area contributed by atoms with Crippen LogP contribution in [0.1, 0.15) is 22.8 Å². The van der Waals surface area contributed by atoms with E-state index in [1.165, 1.54) is 12.0 Å². The first-order chi connectivity index (χ1) is 8.86. The zero-order valence-electron chi connectivity index (χ0n) is 11.6. The van der Waals surface area contributed by atoms with E-state index in [2.05, 4.69) is 20.7 Å². The Morgan fingerprint density at radius 2 is 2.05 bits per heavy atom. The Bertz CT molecular complexity index is 488. The Balaban J connectivity index is 2.82. The van der Waals surface area contributed by atoms with Crippen LogP contribution in [0.4, 0.5) is 0 Å². The Labute approximate surface area is 121 Å². The number of amides is 1. The molecule has 0 radical (unpaired) electrons. The average molecular weight is 328 g/mol. The number of carbonyl (C=O) groups excluding carboxylic acids is 2. The molecule has 0 spiro atoms. The van der Waals surface area contributed by atoms with Crippen LogP contribution in [0.15, 0.2) is 22.7 Å². The van der Waals surface area contributed by atoms with Crippen LogP contribution in [0, 0.1) is 12.8 Å². The molecule has 104 valence electrons. The number of benzene rings is 1. The molecular formula is C14H18BrNO3. The molecule has 0 aliphatic rings. The van der Waals surface area contributed by atoms with Gasteiger partial charge in [0.2, 0.25) is 0 Å². The minimum atomic E-state index is -0.345. The van der Waals surface area contributed by atoms with Crippen LogP contribution in [0.3, 0.4) is 0 Å². The number of carbonyl (C=O) groups is 2. The Morgan fingerprint density at radius 3 is 2.63 bits per heavy atom. The van der Waals surface area contributed by atoms with Crippen molar-refractivity contribution in [2.75, 3.05) is 20.7 Å². The normalized spacial score (nSPS) is 11.8. The largest absolute Gasteiger partial charge is 0.469 e.